The summed E-state index contributed by atoms with van der Waals surface area (Å²) in [5.74, 6) is 2.20. The third kappa shape index (κ3) is 2.48. The molecule has 5 heteroatoms. The summed E-state index contributed by atoms with van der Waals surface area (Å²) in [6.45, 7) is 0. The van der Waals surface area contributed by atoms with E-state index in [2.05, 4.69) is 32.4 Å². The number of nitrogens with two attached hydrogens (primary N) is 1. The predicted octanol–water partition coefficient (Wildman–Crippen LogP) is 3.31. The lowest BCUT2D eigenvalue weighted by molar-refractivity contribution is 0.310. The Balaban J connectivity index is 1.52. The summed E-state index contributed by atoms with van der Waals surface area (Å²) in [4.78, 5) is 0. The predicted molar refractivity (Wildman–Crippen MR) is 81.6 cm³/mol. The average molecular weight is 284 g/mol. The third-order valence-electron chi connectivity index (χ3n) is 4.91. The van der Waals surface area contributed by atoms with Gasteiger partial charge in [0.05, 0.1) is 0 Å². The molecular formula is C16H20N4O. The van der Waals surface area contributed by atoms with Crippen LogP contribution in [0.2, 0.25) is 0 Å². The van der Waals surface area contributed by atoms with E-state index in [-0.39, 0.29) is 0 Å². The van der Waals surface area contributed by atoms with Crippen LogP contribution in [0.3, 0.4) is 0 Å². The number of nitrogens with zero attached hydrogens (tertiary/aromatic N) is 2. The normalized spacial score (nSPS) is 27.7. The monoisotopic (exact) mass is 284 g/mol. The second-order valence-electron chi connectivity index (χ2n) is 6.44. The summed E-state index contributed by atoms with van der Waals surface area (Å²) in [5, 5.41) is 11.2. The lowest BCUT2D eigenvalue weighted by Gasteiger charge is -2.29. The molecule has 2 saturated carbocycles. The van der Waals surface area contributed by atoms with E-state index in [0.717, 1.165) is 23.1 Å². The van der Waals surface area contributed by atoms with Crippen LogP contribution in [-0.4, -0.2) is 16.4 Å². The molecule has 2 aromatic rings. The average Bonchev–Trinajstić information content (AvgIpc) is 3.05. The van der Waals surface area contributed by atoms with E-state index in [0.29, 0.717) is 17.6 Å². The van der Waals surface area contributed by atoms with E-state index in [1.165, 1.54) is 32.1 Å². The highest BCUT2D eigenvalue weighted by Crippen LogP contribution is 2.42. The van der Waals surface area contributed by atoms with Crippen LogP contribution in [0.5, 0.6) is 0 Å². The Hall–Kier alpha value is -2.04. The summed E-state index contributed by atoms with van der Waals surface area (Å²) >= 11 is 0. The molecule has 1 aromatic heterocycles. The largest absolute Gasteiger partial charge is 0.382 e. The van der Waals surface area contributed by atoms with Gasteiger partial charge >= 0.3 is 0 Å². The first-order valence-electron chi connectivity index (χ1n) is 7.73. The van der Waals surface area contributed by atoms with Crippen molar-refractivity contribution in [1.29, 1.82) is 0 Å². The molecule has 2 aliphatic rings. The molecule has 1 aromatic carbocycles. The Bertz CT molecular complexity index is 627. The second-order valence-corrected chi connectivity index (χ2v) is 6.44. The minimum Gasteiger partial charge on any atom is -0.382 e. The van der Waals surface area contributed by atoms with E-state index < -0.39 is 0 Å². The fourth-order valence-corrected chi connectivity index (χ4v) is 4.01. The van der Waals surface area contributed by atoms with E-state index in [9.17, 15) is 0 Å². The number of benzene rings is 1. The molecule has 0 amide bonds. The molecule has 2 atom stereocenters. The minimum absolute atomic E-state index is 0.336. The van der Waals surface area contributed by atoms with Gasteiger partial charge in [0, 0.05) is 17.3 Å². The van der Waals surface area contributed by atoms with Crippen molar-refractivity contribution in [3.8, 4) is 11.3 Å². The SMILES string of the molecule is Nc1nonc1-c1cccc(NC2CC3CCC(C3)C2)c1. The highest BCUT2D eigenvalue weighted by atomic mass is 16.6. The van der Waals surface area contributed by atoms with Crippen LogP contribution in [0.1, 0.15) is 32.1 Å². The molecule has 4 rings (SSSR count). The molecule has 0 spiro atoms. The third-order valence-corrected chi connectivity index (χ3v) is 4.91. The van der Waals surface area contributed by atoms with Gasteiger partial charge < -0.3 is 11.1 Å². The number of nitrogen functional groups attached to an aromatic ring is 1. The fourth-order valence-electron chi connectivity index (χ4n) is 4.01. The Labute approximate surface area is 123 Å². The summed E-state index contributed by atoms with van der Waals surface area (Å²) in [6, 6.07) is 8.77. The maximum absolute atomic E-state index is 5.76. The number of nitrogens with one attached hydrogen (secondary N) is 1. The Morgan fingerprint density at radius 2 is 1.90 bits per heavy atom. The van der Waals surface area contributed by atoms with Gasteiger partial charge in [0.1, 0.15) is 0 Å². The molecule has 2 bridgehead atoms. The van der Waals surface area contributed by atoms with Gasteiger partial charge in [0.25, 0.3) is 0 Å². The standard InChI is InChI=1S/C16H20N4O/c17-16-15(19-21-20-16)12-2-1-3-13(9-12)18-14-7-10-4-5-11(6-10)8-14/h1-3,9-11,14,18H,4-8H2,(H2,17,20). The van der Waals surface area contributed by atoms with Gasteiger partial charge in [-0.3, -0.25) is 0 Å². The van der Waals surface area contributed by atoms with Gasteiger partial charge in [-0.2, -0.15) is 0 Å². The highest BCUT2D eigenvalue weighted by molar-refractivity contribution is 5.72. The minimum atomic E-state index is 0.336. The molecular weight excluding hydrogens is 264 g/mol. The van der Waals surface area contributed by atoms with Crippen LogP contribution in [0, 0.1) is 11.8 Å². The first-order chi connectivity index (χ1) is 10.3. The maximum atomic E-state index is 5.76. The second kappa shape index (κ2) is 5.06. The molecule has 3 N–H and O–H groups in total. The Morgan fingerprint density at radius 1 is 1.10 bits per heavy atom. The quantitative estimate of drug-likeness (QED) is 0.904. The zero-order valence-electron chi connectivity index (χ0n) is 12.0. The molecule has 0 saturated heterocycles. The van der Waals surface area contributed by atoms with Crippen LogP contribution in [0.4, 0.5) is 11.5 Å². The maximum Gasteiger partial charge on any atom is 0.196 e. The van der Waals surface area contributed by atoms with Crippen LogP contribution in [-0.2, 0) is 0 Å². The van der Waals surface area contributed by atoms with Crippen LogP contribution < -0.4 is 11.1 Å². The summed E-state index contributed by atoms with van der Waals surface area (Å²) in [5.41, 5.74) is 8.45. The van der Waals surface area contributed by atoms with Gasteiger partial charge in [0.2, 0.25) is 0 Å². The lowest BCUT2D eigenvalue weighted by Crippen LogP contribution is -2.27. The van der Waals surface area contributed by atoms with Gasteiger partial charge in [-0.15, -0.1) is 0 Å². The topological polar surface area (TPSA) is 77.0 Å². The number of fused-ring (bicyclic) bond motifs is 2. The van der Waals surface area contributed by atoms with Crippen LogP contribution in [0.15, 0.2) is 28.9 Å². The Morgan fingerprint density at radius 3 is 2.62 bits per heavy atom. The van der Waals surface area contributed by atoms with Gasteiger partial charge in [-0.05, 0) is 53.5 Å². The first kappa shape index (κ1) is 12.7. The van der Waals surface area contributed by atoms with E-state index in [1.54, 1.807) is 0 Å². The summed E-state index contributed by atoms with van der Waals surface area (Å²) < 4.78 is 4.68. The van der Waals surface area contributed by atoms with Gasteiger partial charge in [-0.25, -0.2) is 4.63 Å². The summed E-state index contributed by atoms with van der Waals surface area (Å²) in [7, 11) is 0. The smallest absolute Gasteiger partial charge is 0.196 e. The molecule has 110 valence electrons. The zero-order valence-corrected chi connectivity index (χ0v) is 12.0. The van der Waals surface area contributed by atoms with Crippen molar-refractivity contribution in [3.05, 3.63) is 24.3 Å². The Kier molecular flexibility index (Phi) is 3.05. The van der Waals surface area contributed by atoms with Crippen molar-refractivity contribution in [1.82, 2.24) is 10.3 Å². The number of hydrogen-bond donors (Lipinski definition) is 2. The molecule has 1 heterocycles. The molecule has 0 aliphatic heterocycles. The lowest BCUT2D eigenvalue weighted by atomic mass is 9.85. The van der Waals surface area contributed by atoms with Crippen LogP contribution >= 0.6 is 0 Å². The van der Waals surface area contributed by atoms with Crippen molar-refractivity contribution in [3.63, 3.8) is 0 Å². The van der Waals surface area contributed by atoms with Gasteiger partial charge in [0.15, 0.2) is 11.5 Å². The summed E-state index contributed by atoms with van der Waals surface area (Å²) in [6.07, 6.45) is 6.89. The molecule has 2 fully saturated rings. The molecule has 5 nitrogen and oxygen atoms in total. The van der Waals surface area contributed by atoms with E-state index in [4.69, 9.17) is 5.73 Å². The van der Waals surface area contributed by atoms with Crippen molar-refractivity contribution in [2.75, 3.05) is 11.1 Å². The molecule has 2 unspecified atom stereocenters. The number of rotatable bonds is 3. The number of aromatic nitrogens is 2. The fraction of sp³-hybridized carbons (Fsp3) is 0.500. The molecule has 0 radical (unpaired) electrons. The van der Waals surface area contributed by atoms with Gasteiger partial charge in [-0.1, -0.05) is 25.0 Å². The van der Waals surface area contributed by atoms with Crippen molar-refractivity contribution < 1.29 is 4.63 Å². The van der Waals surface area contributed by atoms with Crippen LogP contribution in [0.25, 0.3) is 11.3 Å². The van der Waals surface area contributed by atoms with Crippen molar-refractivity contribution in [2.45, 2.75) is 38.1 Å². The van der Waals surface area contributed by atoms with E-state index >= 15 is 0 Å². The molecule has 2 aliphatic carbocycles. The van der Waals surface area contributed by atoms with Crippen molar-refractivity contribution >= 4 is 11.5 Å². The number of anilines is 2. The molecule has 21 heavy (non-hydrogen) atoms. The zero-order chi connectivity index (χ0) is 14.2. The highest BCUT2D eigenvalue weighted by Gasteiger charge is 2.33. The van der Waals surface area contributed by atoms with Crippen molar-refractivity contribution in [2.24, 2.45) is 11.8 Å². The first-order valence-corrected chi connectivity index (χ1v) is 7.73. The number of hydrogen-bond acceptors (Lipinski definition) is 5. The van der Waals surface area contributed by atoms with E-state index in [1.807, 2.05) is 12.1 Å².